The zero-order chi connectivity index (χ0) is 19.0. The maximum absolute atomic E-state index is 13.6. The van der Waals surface area contributed by atoms with E-state index in [-0.39, 0.29) is 6.10 Å². The molecule has 1 amide bonds. The van der Waals surface area contributed by atoms with Gasteiger partial charge in [0.1, 0.15) is 11.6 Å². The van der Waals surface area contributed by atoms with Gasteiger partial charge in [-0.25, -0.2) is 9.18 Å². The van der Waals surface area contributed by atoms with Crippen molar-refractivity contribution in [2.75, 3.05) is 6.54 Å². The summed E-state index contributed by atoms with van der Waals surface area (Å²) in [5.41, 5.74) is 2.31. The Balaban J connectivity index is 1.67. The van der Waals surface area contributed by atoms with Crippen LogP contribution in [-0.2, 0) is 11.3 Å². The molecule has 1 unspecified atom stereocenters. The van der Waals surface area contributed by atoms with Gasteiger partial charge in [0.25, 0.3) is 0 Å². The van der Waals surface area contributed by atoms with Gasteiger partial charge in [-0.3, -0.25) is 9.67 Å². The molecule has 1 saturated heterocycles. The number of cyclic esters (lactones) is 1. The van der Waals surface area contributed by atoms with Crippen molar-refractivity contribution in [1.29, 1.82) is 0 Å². The number of pyridine rings is 1. The van der Waals surface area contributed by atoms with Crippen molar-refractivity contribution < 1.29 is 27.4 Å². The molecule has 1 aromatic carbocycles. The molecule has 1 atom stereocenters. The highest BCUT2D eigenvalue weighted by atomic mass is 19.3. The van der Waals surface area contributed by atoms with Crippen molar-refractivity contribution in [3.05, 3.63) is 42.5 Å². The Kier molecular flexibility index (Phi) is 4.30. The molecular weight excluding hydrogens is 365 g/mol. The second-order valence-corrected chi connectivity index (χ2v) is 5.89. The summed E-state index contributed by atoms with van der Waals surface area (Å²) >= 11 is 0. The summed E-state index contributed by atoms with van der Waals surface area (Å²) in [5, 5.41) is 6.81. The Bertz CT molecular complexity index is 1010. The van der Waals surface area contributed by atoms with Crippen LogP contribution < -0.4 is 10.1 Å². The molecule has 10 heteroatoms. The Hall–Kier alpha value is -3.30. The van der Waals surface area contributed by atoms with Crippen LogP contribution in [0.1, 0.15) is 0 Å². The van der Waals surface area contributed by atoms with Gasteiger partial charge < -0.3 is 14.8 Å². The van der Waals surface area contributed by atoms with E-state index in [0.29, 0.717) is 35.2 Å². The number of nitrogens with zero attached hydrogens (tertiary/aromatic N) is 3. The lowest BCUT2D eigenvalue weighted by Crippen LogP contribution is -2.21. The standard InChI is InChI=1S/C17H13F3N4O3/c18-12-2-1-9(4-15(12)27-16(19)20)10-3-14-13(21-5-10)7-23-24(14)8-11-6-22-17(25)26-11/h1-5,7,11,16H,6,8H2,(H,22,25). The van der Waals surface area contributed by atoms with Crippen molar-refractivity contribution in [3.8, 4) is 16.9 Å². The first-order valence-corrected chi connectivity index (χ1v) is 8.00. The number of nitrogens with one attached hydrogen (secondary N) is 1. The van der Waals surface area contributed by atoms with Crippen molar-refractivity contribution in [3.63, 3.8) is 0 Å². The molecule has 0 saturated carbocycles. The minimum atomic E-state index is -3.13. The fraction of sp³-hybridized carbons (Fsp3) is 0.235. The molecule has 3 aromatic rings. The number of hydrogen-bond acceptors (Lipinski definition) is 5. The molecule has 1 aliphatic rings. The SMILES string of the molecule is O=C1NCC(Cn2ncc3ncc(-c4ccc(F)c(OC(F)F)c4)cc32)O1. The Morgan fingerprint density at radius 3 is 2.89 bits per heavy atom. The maximum Gasteiger partial charge on any atom is 0.407 e. The van der Waals surface area contributed by atoms with Gasteiger partial charge in [-0.05, 0) is 23.8 Å². The molecule has 3 heterocycles. The molecule has 0 spiro atoms. The second kappa shape index (κ2) is 6.78. The largest absolute Gasteiger partial charge is 0.442 e. The van der Waals surface area contributed by atoms with Crippen LogP contribution in [0.15, 0.2) is 36.7 Å². The van der Waals surface area contributed by atoms with E-state index in [1.54, 1.807) is 16.9 Å². The number of alkyl halides is 2. The van der Waals surface area contributed by atoms with Gasteiger partial charge >= 0.3 is 12.7 Å². The lowest BCUT2D eigenvalue weighted by atomic mass is 10.1. The average Bonchev–Trinajstić information content (AvgIpc) is 3.23. The molecule has 1 N–H and O–H groups in total. The number of carbonyl (C=O) groups is 1. The number of benzene rings is 1. The summed E-state index contributed by atoms with van der Waals surface area (Å²) in [5.74, 6) is -1.42. The van der Waals surface area contributed by atoms with E-state index in [4.69, 9.17) is 4.74 Å². The predicted octanol–water partition coefficient (Wildman–Crippen LogP) is 2.95. The molecule has 27 heavy (non-hydrogen) atoms. The van der Waals surface area contributed by atoms with E-state index in [9.17, 15) is 18.0 Å². The highest BCUT2D eigenvalue weighted by Gasteiger charge is 2.24. The lowest BCUT2D eigenvalue weighted by molar-refractivity contribution is -0.0521. The van der Waals surface area contributed by atoms with E-state index in [1.165, 1.54) is 18.3 Å². The lowest BCUT2D eigenvalue weighted by Gasteiger charge is -2.10. The number of halogens is 3. The fourth-order valence-electron chi connectivity index (χ4n) is 2.86. The smallest absolute Gasteiger partial charge is 0.407 e. The van der Waals surface area contributed by atoms with Gasteiger partial charge in [0.2, 0.25) is 0 Å². The summed E-state index contributed by atoms with van der Waals surface area (Å²) in [7, 11) is 0. The van der Waals surface area contributed by atoms with Crippen LogP contribution >= 0.6 is 0 Å². The van der Waals surface area contributed by atoms with E-state index >= 15 is 0 Å². The quantitative estimate of drug-likeness (QED) is 0.739. The minimum absolute atomic E-state index is 0.330. The van der Waals surface area contributed by atoms with Crippen LogP contribution in [0.4, 0.5) is 18.0 Å². The van der Waals surface area contributed by atoms with Crippen LogP contribution in [0.25, 0.3) is 22.2 Å². The van der Waals surface area contributed by atoms with Crippen molar-refractivity contribution in [1.82, 2.24) is 20.1 Å². The van der Waals surface area contributed by atoms with Crippen molar-refractivity contribution in [2.24, 2.45) is 0 Å². The second-order valence-electron chi connectivity index (χ2n) is 5.89. The van der Waals surface area contributed by atoms with Gasteiger partial charge in [0, 0.05) is 11.8 Å². The van der Waals surface area contributed by atoms with E-state index in [1.807, 2.05) is 0 Å². The van der Waals surface area contributed by atoms with Crippen LogP contribution in [-0.4, -0.2) is 40.1 Å². The number of hydrogen-bond donors (Lipinski definition) is 1. The monoisotopic (exact) mass is 378 g/mol. The zero-order valence-electron chi connectivity index (χ0n) is 13.7. The first kappa shape index (κ1) is 17.1. The van der Waals surface area contributed by atoms with Gasteiger partial charge in [0.05, 0.1) is 24.8 Å². The molecule has 0 bridgehead atoms. The van der Waals surface area contributed by atoms with Gasteiger partial charge in [0.15, 0.2) is 11.6 Å². The summed E-state index contributed by atoms with van der Waals surface area (Å²) in [6, 6.07) is 5.44. The molecular formula is C17H13F3N4O3. The third kappa shape index (κ3) is 3.50. The predicted molar refractivity (Wildman–Crippen MR) is 87.8 cm³/mol. The summed E-state index contributed by atoms with van der Waals surface area (Å²) in [6.45, 7) is -2.42. The highest BCUT2D eigenvalue weighted by Crippen LogP contribution is 2.29. The number of rotatable bonds is 5. The van der Waals surface area contributed by atoms with E-state index in [2.05, 4.69) is 20.1 Å². The number of amides is 1. The van der Waals surface area contributed by atoms with Crippen molar-refractivity contribution in [2.45, 2.75) is 19.3 Å². The Morgan fingerprint density at radius 1 is 1.30 bits per heavy atom. The molecule has 0 radical (unpaired) electrons. The number of fused-ring (bicyclic) bond motifs is 1. The Morgan fingerprint density at radius 2 is 2.15 bits per heavy atom. The third-order valence-corrected chi connectivity index (χ3v) is 4.10. The molecule has 1 aliphatic heterocycles. The summed E-state index contributed by atoms with van der Waals surface area (Å²) < 4.78 is 49.4. The molecule has 0 aliphatic carbocycles. The number of alkyl carbamates (subject to hydrolysis) is 1. The molecule has 140 valence electrons. The molecule has 4 rings (SSSR count). The van der Waals surface area contributed by atoms with Crippen LogP contribution in [0, 0.1) is 5.82 Å². The summed E-state index contributed by atoms with van der Waals surface area (Å²) in [4.78, 5) is 15.4. The molecule has 1 fully saturated rings. The first-order chi connectivity index (χ1) is 13.0. The average molecular weight is 378 g/mol. The van der Waals surface area contributed by atoms with Crippen LogP contribution in [0.2, 0.25) is 0 Å². The fourth-order valence-corrected chi connectivity index (χ4v) is 2.86. The maximum atomic E-state index is 13.6. The molecule has 2 aromatic heterocycles. The van der Waals surface area contributed by atoms with Gasteiger partial charge in [-0.1, -0.05) is 6.07 Å². The van der Waals surface area contributed by atoms with Crippen LogP contribution in [0.5, 0.6) is 5.75 Å². The summed E-state index contributed by atoms with van der Waals surface area (Å²) in [6.07, 6.45) is 2.26. The van der Waals surface area contributed by atoms with E-state index < -0.39 is 24.3 Å². The Labute approximate surface area is 150 Å². The normalized spacial score (nSPS) is 16.6. The number of aromatic nitrogens is 3. The van der Waals surface area contributed by atoms with Gasteiger partial charge in [-0.2, -0.15) is 13.9 Å². The first-order valence-electron chi connectivity index (χ1n) is 8.00. The zero-order valence-corrected chi connectivity index (χ0v) is 13.7. The number of carbonyl (C=O) groups excluding carboxylic acids is 1. The highest BCUT2D eigenvalue weighted by molar-refractivity contribution is 5.80. The minimum Gasteiger partial charge on any atom is -0.442 e. The number of ether oxygens (including phenoxy) is 2. The van der Waals surface area contributed by atoms with E-state index in [0.717, 1.165) is 6.07 Å². The molecule has 7 nitrogen and oxygen atoms in total. The third-order valence-electron chi connectivity index (χ3n) is 4.10. The van der Waals surface area contributed by atoms with Crippen molar-refractivity contribution >= 4 is 17.1 Å². The van der Waals surface area contributed by atoms with Crippen LogP contribution in [0.3, 0.4) is 0 Å². The van der Waals surface area contributed by atoms with Gasteiger partial charge in [-0.15, -0.1) is 0 Å². The topological polar surface area (TPSA) is 78.3 Å².